The van der Waals surface area contributed by atoms with Crippen LogP contribution in [0.4, 0.5) is 5.69 Å². The Morgan fingerprint density at radius 1 is 1.00 bits per heavy atom. The summed E-state index contributed by atoms with van der Waals surface area (Å²) in [5.74, 6) is 0.136. The highest BCUT2D eigenvalue weighted by Crippen LogP contribution is 2.32. The first-order valence-electron chi connectivity index (χ1n) is 7.79. The maximum atomic E-state index is 12.8. The molecule has 0 atom stereocenters. The van der Waals surface area contributed by atoms with Crippen molar-refractivity contribution in [3.63, 3.8) is 0 Å². The van der Waals surface area contributed by atoms with Gasteiger partial charge in [0.1, 0.15) is 10.6 Å². The smallest absolute Gasteiger partial charge is 0.232 e. The van der Waals surface area contributed by atoms with Crippen LogP contribution >= 0.6 is 0 Å². The van der Waals surface area contributed by atoms with Gasteiger partial charge < -0.3 is 4.74 Å². The second-order valence-electron chi connectivity index (χ2n) is 5.46. The highest BCUT2D eigenvalue weighted by molar-refractivity contribution is 7.92. The molecule has 0 saturated carbocycles. The van der Waals surface area contributed by atoms with Gasteiger partial charge >= 0.3 is 0 Å². The Morgan fingerprint density at radius 2 is 1.68 bits per heavy atom. The SMILES string of the molecule is CCCCS(=O)(=O)Nc1ccc(OC)c(S(=O)(=O)c2ccccc2)c1. The molecule has 0 heterocycles. The van der Waals surface area contributed by atoms with E-state index in [0.717, 1.165) is 6.42 Å². The van der Waals surface area contributed by atoms with Crippen molar-refractivity contribution in [1.29, 1.82) is 0 Å². The van der Waals surface area contributed by atoms with Gasteiger partial charge in [0.15, 0.2) is 0 Å². The number of unbranched alkanes of at least 4 members (excludes halogenated alkanes) is 1. The van der Waals surface area contributed by atoms with Crippen molar-refractivity contribution in [1.82, 2.24) is 0 Å². The monoisotopic (exact) mass is 383 g/mol. The minimum atomic E-state index is -3.84. The molecular weight excluding hydrogens is 362 g/mol. The van der Waals surface area contributed by atoms with Crippen LogP contribution in [0.2, 0.25) is 0 Å². The number of sulfone groups is 1. The number of hydrogen-bond donors (Lipinski definition) is 1. The van der Waals surface area contributed by atoms with Crippen LogP contribution in [-0.2, 0) is 19.9 Å². The molecule has 0 aliphatic carbocycles. The molecule has 0 unspecified atom stereocenters. The lowest BCUT2D eigenvalue weighted by atomic mass is 10.3. The van der Waals surface area contributed by atoms with Crippen molar-refractivity contribution in [3.05, 3.63) is 48.5 Å². The van der Waals surface area contributed by atoms with Gasteiger partial charge in [0.2, 0.25) is 19.9 Å². The average Bonchev–Trinajstić information content (AvgIpc) is 2.60. The molecule has 2 rings (SSSR count). The summed E-state index contributed by atoms with van der Waals surface area (Å²) in [6.07, 6.45) is 1.28. The Morgan fingerprint density at radius 3 is 2.28 bits per heavy atom. The van der Waals surface area contributed by atoms with E-state index in [-0.39, 0.29) is 27.0 Å². The van der Waals surface area contributed by atoms with E-state index in [9.17, 15) is 16.8 Å². The number of sulfonamides is 1. The van der Waals surface area contributed by atoms with Crippen LogP contribution in [0.5, 0.6) is 5.75 Å². The highest BCUT2D eigenvalue weighted by Gasteiger charge is 2.23. The minimum Gasteiger partial charge on any atom is -0.495 e. The molecule has 0 bridgehead atoms. The molecule has 0 aromatic heterocycles. The van der Waals surface area contributed by atoms with Crippen LogP contribution in [-0.4, -0.2) is 29.7 Å². The van der Waals surface area contributed by atoms with Crippen LogP contribution in [0.15, 0.2) is 58.3 Å². The lowest BCUT2D eigenvalue weighted by Gasteiger charge is -2.13. The van der Waals surface area contributed by atoms with E-state index >= 15 is 0 Å². The van der Waals surface area contributed by atoms with Crippen LogP contribution < -0.4 is 9.46 Å². The van der Waals surface area contributed by atoms with Gasteiger partial charge in [-0.2, -0.15) is 0 Å². The van der Waals surface area contributed by atoms with E-state index < -0.39 is 19.9 Å². The van der Waals surface area contributed by atoms with Crippen LogP contribution in [0.25, 0.3) is 0 Å². The first-order chi connectivity index (χ1) is 11.8. The van der Waals surface area contributed by atoms with E-state index in [1.807, 2.05) is 6.92 Å². The first kappa shape index (κ1) is 19.3. The summed E-state index contributed by atoms with van der Waals surface area (Å²) in [6.45, 7) is 1.90. The molecule has 1 N–H and O–H groups in total. The molecule has 2 aromatic carbocycles. The van der Waals surface area contributed by atoms with Gasteiger partial charge in [0, 0.05) is 0 Å². The zero-order valence-electron chi connectivity index (χ0n) is 14.1. The number of anilines is 1. The molecule has 2 aromatic rings. The summed E-state index contributed by atoms with van der Waals surface area (Å²) < 4.78 is 57.4. The highest BCUT2D eigenvalue weighted by atomic mass is 32.2. The minimum absolute atomic E-state index is 0.0176. The molecule has 0 aliphatic heterocycles. The van der Waals surface area contributed by atoms with Crippen molar-refractivity contribution >= 4 is 25.5 Å². The first-order valence-corrected chi connectivity index (χ1v) is 10.9. The Bertz CT molecular complexity index is 923. The summed E-state index contributed by atoms with van der Waals surface area (Å²) >= 11 is 0. The molecule has 25 heavy (non-hydrogen) atoms. The van der Waals surface area contributed by atoms with Crippen LogP contribution in [0.3, 0.4) is 0 Å². The number of benzene rings is 2. The second-order valence-corrected chi connectivity index (χ2v) is 9.22. The fraction of sp³-hybridized carbons (Fsp3) is 0.294. The summed E-state index contributed by atoms with van der Waals surface area (Å²) in [5, 5.41) is 0. The van der Waals surface area contributed by atoms with E-state index in [1.54, 1.807) is 18.2 Å². The normalized spacial score (nSPS) is 11.9. The number of rotatable bonds is 8. The predicted molar refractivity (Wildman–Crippen MR) is 97.2 cm³/mol. The van der Waals surface area contributed by atoms with Crippen molar-refractivity contribution in [2.45, 2.75) is 29.6 Å². The molecule has 0 spiro atoms. The Kier molecular flexibility index (Phi) is 6.07. The third kappa shape index (κ3) is 4.73. The molecule has 0 saturated heterocycles. The van der Waals surface area contributed by atoms with Crippen LogP contribution in [0, 0.1) is 0 Å². The van der Waals surface area contributed by atoms with Gasteiger partial charge in [-0.25, -0.2) is 16.8 Å². The molecule has 0 aliphatic rings. The lowest BCUT2D eigenvalue weighted by Crippen LogP contribution is -2.17. The van der Waals surface area contributed by atoms with Gasteiger partial charge in [-0.15, -0.1) is 0 Å². The predicted octanol–water partition coefficient (Wildman–Crippen LogP) is 3.07. The number of hydrogen-bond acceptors (Lipinski definition) is 5. The van der Waals surface area contributed by atoms with Gasteiger partial charge in [0.25, 0.3) is 0 Å². The third-order valence-corrected chi connectivity index (χ3v) is 6.71. The molecule has 8 heteroatoms. The topological polar surface area (TPSA) is 89.5 Å². The van der Waals surface area contributed by atoms with E-state index in [0.29, 0.717) is 6.42 Å². The van der Waals surface area contributed by atoms with Crippen LogP contribution in [0.1, 0.15) is 19.8 Å². The van der Waals surface area contributed by atoms with Crippen molar-refractivity contribution in [2.75, 3.05) is 17.6 Å². The maximum Gasteiger partial charge on any atom is 0.232 e. The molecule has 0 fully saturated rings. The fourth-order valence-corrected chi connectivity index (χ4v) is 4.97. The van der Waals surface area contributed by atoms with E-state index in [1.165, 1.54) is 37.4 Å². The molecule has 0 amide bonds. The number of nitrogens with one attached hydrogen (secondary N) is 1. The van der Waals surface area contributed by atoms with Crippen molar-refractivity contribution in [3.8, 4) is 5.75 Å². The summed E-state index contributed by atoms with van der Waals surface area (Å²) in [7, 11) is -6.00. The number of ether oxygens (including phenoxy) is 1. The Balaban J connectivity index is 2.45. The zero-order valence-corrected chi connectivity index (χ0v) is 15.7. The molecule has 0 radical (unpaired) electrons. The van der Waals surface area contributed by atoms with Gasteiger partial charge in [-0.3, -0.25) is 4.72 Å². The van der Waals surface area contributed by atoms with Gasteiger partial charge in [-0.1, -0.05) is 31.5 Å². The third-order valence-electron chi connectivity index (χ3n) is 3.55. The van der Waals surface area contributed by atoms with E-state index in [2.05, 4.69) is 4.72 Å². The second kappa shape index (κ2) is 7.88. The van der Waals surface area contributed by atoms with Gasteiger partial charge in [0.05, 0.1) is 23.4 Å². The molecule has 6 nitrogen and oxygen atoms in total. The Hall–Kier alpha value is -2.06. The Labute approximate surface area is 148 Å². The average molecular weight is 383 g/mol. The fourth-order valence-electron chi connectivity index (χ4n) is 2.24. The molecule has 136 valence electrons. The van der Waals surface area contributed by atoms with Crippen molar-refractivity contribution in [2.24, 2.45) is 0 Å². The largest absolute Gasteiger partial charge is 0.495 e. The van der Waals surface area contributed by atoms with Crippen molar-refractivity contribution < 1.29 is 21.6 Å². The molecular formula is C17H21NO5S2. The zero-order chi connectivity index (χ0) is 18.5. The lowest BCUT2D eigenvalue weighted by molar-refractivity contribution is 0.403. The summed E-state index contributed by atoms with van der Waals surface area (Å²) in [5.41, 5.74) is 0.186. The van der Waals surface area contributed by atoms with E-state index in [4.69, 9.17) is 4.74 Å². The maximum absolute atomic E-state index is 12.8. The summed E-state index contributed by atoms with van der Waals surface area (Å²) in [6, 6.07) is 12.1. The van der Waals surface area contributed by atoms with Gasteiger partial charge in [-0.05, 0) is 36.8 Å². The standard InChI is InChI=1S/C17H21NO5S2/c1-3-4-12-24(19,20)18-14-10-11-16(23-2)17(13-14)25(21,22)15-8-6-5-7-9-15/h5-11,13,18H,3-4,12H2,1-2H3. The summed E-state index contributed by atoms with van der Waals surface area (Å²) in [4.78, 5) is 0.0242. The quantitative estimate of drug-likeness (QED) is 0.757. The number of methoxy groups -OCH3 is 1.